The highest BCUT2D eigenvalue weighted by Gasteiger charge is 2.70. The Balaban J connectivity index is 1.52. The molecule has 0 amide bonds. The Bertz CT molecular complexity index is 939. The summed E-state index contributed by atoms with van der Waals surface area (Å²) in [5.74, 6) is 3.68. The van der Waals surface area contributed by atoms with Gasteiger partial charge in [-0.2, -0.15) is 26.3 Å². The van der Waals surface area contributed by atoms with Gasteiger partial charge >= 0.3 is 18.0 Å². The molecule has 0 spiro atoms. The van der Waals surface area contributed by atoms with E-state index >= 15 is 0 Å². The quantitative estimate of drug-likeness (QED) is 0.317. The SMILES string of the molecule is C[C@]12CCC/C(=C\C=C3\CC(O)C[C@H](O)C3)C1CCC2C1(CC#CC(O)(C(F)(F)F)C(F)(F)F)CC1. The summed E-state index contributed by atoms with van der Waals surface area (Å²) in [6.07, 6.45) is -1.47. The van der Waals surface area contributed by atoms with Crippen LogP contribution in [0.3, 0.4) is 0 Å². The first-order chi connectivity index (χ1) is 16.6. The Hall–Kier alpha value is -1.50. The van der Waals surface area contributed by atoms with Gasteiger partial charge in [-0.05, 0) is 92.8 Å². The third-order valence-corrected chi connectivity index (χ3v) is 9.20. The number of allylic oxidation sites excluding steroid dienone is 3. The second-order valence-corrected chi connectivity index (χ2v) is 11.6. The minimum Gasteiger partial charge on any atom is -0.393 e. The number of aliphatic hydroxyl groups is 3. The van der Waals surface area contributed by atoms with Crippen LogP contribution in [0, 0.1) is 34.5 Å². The van der Waals surface area contributed by atoms with Crippen molar-refractivity contribution in [2.24, 2.45) is 22.7 Å². The number of rotatable bonds is 3. The summed E-state index contributed by atoms with van der Waals surface area (Å²) in [4.78, 5) is 0. The van der Waals surface area contributed by atoms with Crippen molar-refractivity contribution in [3.63, 3.8) is 0 Å². The number of hydrogen-bond donors (Lipinski definition) is 3. The van der Waals surface area contributed by atoms with Crippen LogP contribution in [0.4, 0.5) is 26.3 Å². The molecule has 0 aliphatic heterocycles. The average Bonchev–Trinajstić information content (AvgIpc) is 3.42. The molecule has 4 aliphatic carbocycles. The lowest BCUT2D eigenvalue weighted by atomic mass is 9.59. The molecule has 36 heavy (non-hydrogen) atoms. The molecule has 0 aromatic carbocycles. The molecule has 3 nitrogen and oxygen atoms in total. The third-order valence-electron chi connectivity index (χ3n) is 9.20. The van der Waals surface area contributed by atoms with E-state index in [4.69, 9.17) is 0 Å². The van der Waals surface area contributed by atoms with Gasteiger partial charge in [0.05, 0.1) is 12.2 Å². The van der Waals surface area contributed by atoms with E-state index in [2.05, 4.69) is 18.9 Å². The molecular formula is C27H34F6O3. The van der Waals surface area contributed by atoms with Gasteiger partial charge in [0.1, 0.15) is 0 Å². The number of fused-ring (bicyclic) bond motifs is 1. The lowest BCUT2D eigenvalue weighted by molar-refractivity contribution is -0.343. The number of alkyl halides is 6. The van der Waals surface area contributed by atoms with Gasteiger partial charge in [0.2, 0.25) is 0 Å². The fraction of sp³-hybridized carbons (Fsp3) is 0.778. The monoisotopic (exact) mass is 520 g/mol. The van der Waals surface area contributed by atoms with E-state index in [9.17, 15) is 41.7 Å². The van der Waals surface area contributed by atoms with E-state index in [1.165, 1.54) is 5.57 Å². The summed E-state index contributed by atoms with van der Waals surface area (Å²) in [6.45, 7) is 2.19. The zero-order valence-electron chi connectivity index (χ0n) is 20.4. The topological polar surface area (TPSA) is 60.7 Å². The minimum absolute atomic E-state index is 0.0900. The van der Waals surface area contributed by atoms with E-state index < -0.39 is 35.6 Å². The normalized spacial score (nSPS) is 36.9. The Morgan fingerprint density at radius 3 is 2.11 bits per heavy atom. The molecule has 0 bridgehead atoms. The Morgan fingerprint density at radius 1 is 0.944 bits per heavy atom. The Morgan fingerprint density at radius 2 is 1.56 bits per heavy atom. The second-order valence-electron chi connectivity index (χ2n) is 11.6. The zero-order valence-corrected chi connectivity index (χ0v) is 20.4. The van der Waals surface area contributed by atoms with Crippen molar-refractivity contribution < 1.29 is 41.7 Å². The summed E-state index contributed by atoms with van der Waals surface area (Å²) in [7, 11) is 0. The summed E-state index contributed by atoms with van der Waals surface area (Å²) in [6, 6.07) is 0. The molecule has 0 radical (unpaired) electrons. The van der Waals surface area contributed by atoms with Crippen LogP contribution in [0.2, 0.25) is 0 Å². The first kappa shape index (κ1) is 27.5. The predicted octanol–water partition coefficient (Wildman–Crippen LogP) is 5.99. The average molecular weight is 521 g/mol. The predicted molar refractivity (Wildman–Crippen MR) is 121 cm³/mol. The van der Waals surface area contributed by atoms with Crippen molar-refractivity contribution in [1.29, 1.82) is 0 Å². The molecule has 3 unspecified atom stereocenters. The van der Waals surface area contributed by atoms with E-state index in [0.717, 1.165) is 43.6 Å². The second kappa shape index (κ2) is 9.36. The molecule has 3 N–H and O–H groups in total. The maximum Gasteiger partial charge on any atom is 0.438 e. The fourth-order valence-electron chi connectivity index (χ4n) is 7.24. The molecule has 4 fully saturated rings. The van der Waals surface area contributed by atoms with Crippen molar-refractivity contribution in [3.8, 4) is 11.8 Å². The highest BCUT2D eigenvalue weighted by molar-refractivity contribution is 5.28. The lowest BCUT2D eigenvalue weighted by Crippen LogP contribution is -2.55. The molecule has 4 rings (SSSR count). The smallest absolute Gasteiger partial charge is 0.393 e. The van der Waals surface area contributed by atoms with Crippen LogP contribution in [0.1, 0.15) is 77.6 Å². The van der Waals surface area contributed by atoms with Crippen molar-refractivity contribution in [3.05, 3.63) is 23.3 Å². The first-order valence-corrected chi connectivity index (χ1v) is 12.7. The Labute approximate surface area is 207 Å². The highest BCUT2D eigenvalue weighted by Crippen LogP contribution is 2.69. The summed E-state index contributed by atoms with van der Waals surface area (Å²) < 4.78 is 78.0. The molecule has 4 saturated carbocycles. The Kier molecular flexibility index (Phi) is 7.15. The maximum atomic E-state index is 13.0. The third kappa shape index (κ3) is 4.98. The van der Waals surface area contributed by atoms with E-state index in [1.54, 1.807) is 0 Å². The van der Waals surface area contributed by atoms with E-state index in [-0.39, 0.29) is 23.7 Å². The van der Waals surface area contributed by atoms with Crippen LogP contribution in [0.25, 0.3) is 0 Å². The summed E-state index contributed by atoms with van der Waals surface area (Å²) >= 11 is 0. The van der Waals surface area contributed by atoms with Gasteiger partial charge in [-0.15, -0.1) is 0 Å². The van der Waals surface area contributed by atoms with Gasteiger partial charge in [0.25, 0.3) is 0 Å². The van der Waals surface area contributed by atoms with Crippen LogP contribution < -0.4 is 0 Å². The zero-order chi connectivity index (χ0) is 26.6. The molecule has 0 aromatic heterocycles. The number of hydrogen-bond acceptors (Lipinski definition) is 3. The molecule has 9 heteroatoms. The van der Waals surface area contributed by atoms with Gasteiger partial charge in [-0.25, -0.2) is 0 Å². The van der Waals surface area contributed by atoms with Gasteiger partial charge in [-0.1, -0.05) is 36.1 Å². The molecule has 0 aromatic rings. The standard InChI is InChI=1S/C27H34F6O3/c1-23-9-2-4-18(6-5-17-14-19(34)16-20(35)15-17)21(23)7-8-22(23)24(12-13-24)10-3-11-25(36,26(28,29)30)27(31,32)33/h5-6,19-22,34-36H,2,4,7-10,12-16H2,1H3/b17-5-,18-6+/t19?,20-,21?,22?,23+/m1/s1. The fourth-order valence-corrected chi connectivity index (χ4v) is 7.24. The summed E-state index contributed by atoms with van der Waals surface area (Å²) in [5, 5.41) is 29.3. The van der Waals surface area contributed by atoms with Gasteiger partial charge < -0.3 is 15.3 Å². The molecule has 0 heterocycles. The van der Waals surface area contributed by atoms with Crippen molar-refractivity contribution in [2.45, 2.75) is 108 Å². The van der Waals surface area contributed by atoms with Crippen LogP contribution in [0.5, 0.6) is 0 Å². The van der Waals surface area contributed by atoms with Crippen molar-refractivity contribution in [2.75, 3.05) is 0 Å². The first-order valence-electron chi connectivity index (χ1n) is 12.7. The lowest BCUT2D eigenvalue weighted by Gasteiger charge is -2.45. The van der Waals surface area contributed by atoms with E-state index in [0.29, 0.717) is 32.1 Å². The van der Waals surface area contributed by atoms with Crippen LogP contribution in [-0.4, -0.2) is 45.5 Å². The van der Waals surface area contributed by atoms with Crippen LogP contribution in [-0.2, 0) is 0 Å². The molecule has 202 valence electrons. The van der Waals surface area contributed by atoms with E-state index in [1.807, 2.05) is 6.08 Å². The van der Waals surface area contributed by atoms with Gasteiger partial charge in [-0.3, -0.25) is 0 Å². The highest BCUT2D eigenvalue weighted by atomic mass is 19.4. The molecule has 4 aliphatic rings. The largest absolute Gasteiger partial charge is 0.438 e. The van der Waals surface area contributed by atoms with Crippen molar-refractivity contribution in [1.82, 2.24) is 0 Å². The summed E-state index contributed by atoms with van der Waals surface area (Å²) in [5.41, 5.74) is -3.25. The molecule has 5 atom stereocenters. The maximum absolute atomic E-state index is 13.0. The van der Waals surface area contributed by atoms with Gasteiger partial charge in [0, 0.05) is 6.42 Å². The van der Waals surface area contributed by atoms with Crippen molar-refractivity contribution >= 4 is 0 Å². The van der Waals surface area contributed by atoms with Crippen LogP contribution in [0.15, 0.2) is 23.3 Å². The van der Waals surface area contributed by atoms with Crippen LogP contribution >= 0.6 is 0 Å². The molecule has 0 saturated heterocycles. The number of halogens is 6. The van der Waals surface area contributed by atoms with Gasteiger partial charge in [0.15, 0.2) is 0 Å². The molecular weight excluding hydrogens is 486 g/mol. The number of aliphatic hydroxyl groups excluding tert-OH is 2. The minimum atomic E-state index is -5.93.